The summed E-state index contributed by atoms with van der Waals surface area (Å²) in [5, 5.41) is 0.611. The standard InChI is InChI=1S/C13H11ClN2O2/c14-10-2-1-5-15-12(10)9-3-4-11(16-8-9)13-17-6-7-18-13/h1-5,8,13H,6-7H2. The van der Waals surface area contributed by atoms with Crippen LogP contribution < -0.4 is 0 Å². The third-order valence-electron chi connectivity index (χ3n) is 2.68. The Balaban J connectivity index is 1.89. The van der Waals surface area contributed by atoms with Crippen LogP contribution in [0.4, 0.5) is 0 Å². The Labute approximate surface area is 110 Å². The second kappa shape index (κ2) is 5.02. The Kier molecular flexibility index (Phi) is 3.23. The number of nitrogens with zero attached hydrogens (tertiary/aromatic N) is 2. The summed E-state index contributed by atoms with van der Waals surface area (Å²) in [6, 6.07) is 7.40. The van der Waals surface area contributed by atoms with Crippen LogP contribution in [0.3, 0.4) is 0 Å². The van der Waals surface area contributed by atoms with E-state index in [-0.39, 0.29) is 6.29 Å². The highest BCUT2D eigenvalue weighted by atomic mass is 35.5. The number of hydrogen-bond acceptors (Lipinski definition) is 4. The zero-order valence-corrected chi connectivity index (χ0v) is 10.3. The molecule has 2 aromatic rings. The maximum Gasteiger partial charge on any atom is 0.201 e. The van der Waals surface area contributed by atoms with E-state index >= 15 is 0 Å². The van der Waals surface area contributed by atoms with Gasteiger partial charge in [0.25, 0.3) is 0 Å². The summed E-state index contributed by atoms with van der Waals surface area (Å²) in [7, 11) is 0. The van der Waals surface area contributed by atoms with Gasteiger partial charge in [-0.05, 0) is 24.3 Å². The second-order valence-electron chi connectivity index (χ2n) is 3.88. The fourth-order valence-corrected chi connectivity index (χ4v) is 2.04. The van der Waals surface area contributed by atoms with Crippen molar-refractivity contribution in [2.45, 2.75) is 6.29 Å². The Morgan fingerprint density at radius 2 is 1.94 bits per heavy atom. The van der Waals surface area contributed by atoms with E-state index in [9.17, 15) is 0 Å². The van der Waals surface area contributed by atoms with Crippen LogP contribution in [-0.2, 0) is 9.47 Å². The van der Waals surface area contributed by atoms with Gasteiger partial charge in [0.05, 0.1) is 29.6 Å². The van der Waals surface area contributed by atoms with Crippen LogP contribution >= 0.6 is 11.6 Å². The quantitative estimate of drug-likeness (QED) is 0.835. The topological polar surface area (TPSA) is 44.2 Å². The lowest BCUT2D eigenvalue weighted by Crippen LogP contribution is -2.00. The van der Waals surface area contributed by atoms with Gasteiger partial charge in [0.2, 0.25) is 6.29 Å². The van der Waals surface area contributed by atoms with Crippen molar-refractivity contribution in [1.29, 1.82) is 0 Å². The molecule has 4 nitrogen and oxygen atoms in total. The molecule has 0 atom stereocenters. The van der Waals surface area contributed by atoms with Crippen LogP contribution in [0.2, 0.25) is 5.02 Å². The zero-order chi connectivity index (χ0) is 12.4. The van der Waals surface area contributed by atoms with Crippen molar-refractivity contribution in [3.8, 4) is 11.3 Å². The molecule has 1 fully saturated rings. The molecule has 0 aromatic carbocycles. The van der Waals surface area contributed by atoms with Crippen molar-refractivity contribution in [2.24, 2.45) is 0 Å². The minimum absolute atomic E-state index is 0.349. The van der Waals surface area contributed by atoms with Crippen LogP contribution in [0, 0.1) is 0 Å². The number of rotatable bonds is 2. The molecule has 0 aliphatic carbocycles. The number of ether oxygens (including phenoxy) is 2. The summed E-state index contributed by atoms with van der Waals surface area (Å²) < 4.78 is 10.8. The van der Waals surface area contributed by atoms with Gasteiger partial charge in [-0.3, -0.25) is 9.97 Å². The molecule has 92 valence electrons. The van der Waals surface area contributed by atoms with Gasteiger partial charge in [-0.25, -0.2) is 0 Å². The average molecular weight is 263 g/mol. The summed E-state index contributed by atoms with van der Waals surface area (Å²) in [5.74, 6) is 0. The molecule has 0 radical (unpaired) electrons. The van der Waals surface area contributed by atoms with E-state index in [2.05, 4.69) is 9.97 Å². The summed E-state index contributed by atoms with van der Waals surface area (Å²) >= 11 is 6.09. The molecule has 1 aliphatic heterocycles. The normalized spacial score (nSPS) is 16.1. The van der Waals surface area contributed by atoms with E-state index in [1.54, 1.807) is 24.5 Å². The summed E-state index contributed by atoms with van der Waals surface area (Å²) in [6.45, 7) is 1.22. The maximum absolute atomic E-state index is 6.09. The van der Waals surface area contributed by atoms with Gasteiger partial charge < -0.3 is 9.47 Å². The maximum atomic E-state index is 6.09. The first kappa shape index (κ1) is 11.6. The lowest BCUT2D eigenvalue weighted by molar-refractivity contribution is -0.0472. The van der Waals surface area contributed by atoms with Gasteiger partial charge in [0, 0.05) is 18.0 Å². The van der Waals surface area contributed by atoms with E-state index in [0.717, 1.165) is 17.0 Å². The largest absolute Gasteiger partial charge is 0.345 e. The van der Waals surface area contributed by atoms with E-state index in [1.165, 1.54) is 0 Å². The molecule has 2 aromatic heterocycles. The summed E-state index contributed by atoms with van der Waals surface area (Å²) in [4.78, 5) is 8.57. The number of halogens is 1. The Bertz CT molecular complexity index is 539. The molecular weight excluding hydrogens is 252 g/mol. The fourth-order valence-electron chi connectivity index (χ4n) is 1.81. The van der Waals surface area contributed by atoms with Crippen molar-refractivity contribution >= 4 is 11.6 Å². The van der Waals surface area contributed by atoms with E-state index in [4.69, 9.17) is 21.1 Å². The van der Waals surface area contributed by atoms with Crippen molar-refractivity contribution in [1.82, 2.24) is 9.97 Å². The lowest BCUT2D eigenvalue weighted by Gasteiger charge is -2.09. The Hall–Kier alpha value is -1.49. The summed E-state index contributed by atoms with van der Waals surface area (Å²) in [5.41, 5.74) is 2.37. The van der Waals surface area contributed by atoms with Gasteiger partial charge in [-0.1, -0.05) is 11.6 Å². The van der Waals surface area contributed by atoms with Gasteiger partial charge in [-0.2, -0.15) is 0 Å². The molecule has 0 amide bonds. The zero-order valence-electron chi connectivity index (χ0n) is 9.54. The second-order valence-corrected chi connectivity index (χ2v) is 4.29. The molecule has 0 N–H and O–H groups in total. The van der Waals surface area contributed by atoms with Crippen LogP contribution in [0.15, 0.2) is 36.7 Å². The predicted molar refractivity (Wildman–Crippen MR) is 67.1 cm³/mol. The molecule has 1 aliphatic rings. The molecule has 0 saturated carbocycles. The Morgan fingerprint density at radius 3 is 2.61 bits per heavy atom. The van der Waals surface area contributed by atoms with E-state index in [1.807, 2.05) is 12.1 Å². The molecular formula is C13H11ClN2O2. The first-order valence-electron chi connectivity index (χ1n) is 5.64. The molecule has 3 heterocycles. The van der Waals surface area contributed by atoms with E-state index in [0.29, 0.717) is 18.2 Å². The smallest absolute Gasteiger partial charge is 0.201 e. The van der Waals surface area contributed by atoms with Gasteiger partial charge in [0.15, 0.2) is 0 Å². The summed E-state index contributed by atoms with van der Waals surface area (Å²) in [6.07, 6.45) is 3.09. The van der Waals surface area contributed by atoms with Crippen molar-refractivity contribution in [2.75, 3.05) is 13.2 Å². The molecule has 1 saturated heterocycles. The van der Waals surface area contributed by atoms with Crippen molar-refractivity contribution in [3.05, 3.63) is 47.4 Å². The third kappa shape index (κ3) is 2.22. The van der Waals surface area contributed by atoms with Gasteiger partial charge >= 0.3 is 0 Å². The molecule has 3 rings (SSSR count). The number of hydrogen-bond donors (Lipinski definition) is 0. The minimum atomic E-state index is -0.349. The highest BCUT2D eigenvalue weighted by molar-refractivity contribution is 6.32. The first-order chi connectivity index (χ1) is 8.84. The molecule has 5 heteroatoms. The number of aromatic nitrogens is 2. The average Bonchev–Trinajstić information content (AvgIpc) is 2.94. The van der Waals surface area contributed by atoms with Crippen LogP contribution in [0.1, 0.15) is 12.0 Å². The molecule has 0 bridgehead atoms. The third-order valence-corrected chi connectivity index (χ3v) is 2.99. The highest BCUT2D eigenvalue weighted by Crippen LogP contribution is 2.27. The molecule has 0 unspecified atom stereocenters. The highest BCUT2D eigenvalue weighted by Gasteiger charge is 2.19. The Morgan fingerprint density at radius 1 is 1.11 bits per heavy atom. The van der Waals surface area contributed by atoms with Crippen molar-refractivity contribution < 1.29 is 9.47 Å². The molecule has 0 spiro atoms. The minimum Gasteiger partial charge on any atom is -0.345 e. The lowest BCUT2D eigenvalue weighted by atomic mass is 10.2. The SMILES string of the molecule is Clc1cccnc1-c1ccc(C2OCCO2)nc1. The monoisotopic (exact) mass is 262 g/mol. The van der Waals surface area contributed by atoms with Gasteiger partial charge in [-0.15, -0.1) is 0 Å². The van der Waals surface area contributed by atoms with Gasteiger partial charge in [0.1, 0.15) is 0 Å². The molecule has 18 heavy (non-hydrogen) atoms. The van der Waals surface area contributed by atoms with E-state index < -0.39 is 0 Å². The van der Waals surface area contributed by atoms with Crippen molar-refractivity contribution in [3.63, 3.8) is 0 Å². The predicted octanol–water partition coefficient (Wildman–Crippen LogP) is 2.84. The van der Waals surface area contributed by atoms with Crippen LogP contribution in [0.25, 0.3) is 11.3 Å². The van der Waals surface area contributed by atoms with Crippen LogP contribution in [-0.4, -0.2) is 23.2 Å². The first-order valence-corrected chi connectivity index (χ1v) is 6.02. The fraction of sp³-hybridized carbons (Fsp3) is 0.231. The van der Waals surface area contributed by atoms with Crippen LogP contribution in [0.5, 0.6) is 0 Å². The number of pyridine rings is 2.